The van der Waals surface area contributed by atoms with Gasteiger partial charge in [0, 0.05) is 25.9 Å². The predicted molar refractivity (Wildman–Crippen MR) is 106 cm³/mol. The maximum atomic E-state index is 12.2. The van der Waals surface area contributed by atoms with Gasteiger partial charge in [0.2, 0.25) is 5.91 Å². The van der Waals surface area contributed by atoms with Crippen LogP contribution >= 0.6 is 0 Å². The molecule has 5 heteroatoms. The fraction of sp³-hybridized carbons (Fsp3) is 0.905. The van der Waals surface area contributed by atoms with E-state index in [1.807, 2.05) is 23.9 Å². The van der Waals surface area contributed by atoms with Crippen LogP contribution in [0.25, 0.3) is 0 Å². The van der Waals surface area contributed by atoms with E-state index < -0.39 is 0 Å². The van der Waals surface area contributed by atoms with Crippen molar-refractivity contribution in [2.75, 3.05) is 33.7 Å². The largest absolute Gasteiger partial charge is 0.459 e. The second-order valence-corrected chi connectivity index (χ2v) is 7.90. The van der Waals surface area contributed by atoms with E-state index in [9.17, 15) is 9.59 Å². The smallest absolute Gasteiger partial charge is 0.306 e. The van der Waals surface area contributed by atoms with Gasteiger partial charge in [0.25, 0.3) is 0 Å². The van der Waals surface area contributed by atoms with Crippen LogP contribution in [-0.4, -0.2) is 61.5 Å². The lowest BCUT2D eigenvalue weighted by molar-refractivity contribution is -0.152. The summed E-state index contributed by atoms with van der Waals surface area (Å²) in [7, 11) is 3.93. The van der Waals surface area contributed by atoms with Gasteiger partial charge in [-0.1, -0.05) is 58.3 Å². The van der Waals surface area contributed by atoms with Gasteiger partial charge in [-0.25, -0.2) is 0 Å². The Labute approximate surface area is 160 Å². The molecule has 0 aromatic rings. The molecule has 1 fully saturated rings. The van der Waals surface area contributed by atoms with E-state index in [1.165, 1.54) is 44.9 Å². The minimum atomic E-state index is -0.224. The zero-order valence-electron chi connectivity index (χ0n) is 17.3. The fourth-order valence-electron chi connectivity index (χ4n) is 3.51. The molecule has 1 heterocycles. The number of nitrogens with zero attached hydrogens (tertiary/aromatic N) is 2. The quantitative estimate of drug-likeness (QED) is 0.324. The molecule has 0 aromatic heterocycles. The third-order valence-electron chi connectivity index (χ3n) is 4.95. The number of carbonyl (C=O) groups excluding carboxylic acids is 2. The average Bonchev–Trinajstić information content (AvgIpc) is 2.97. The minimum Gasteiger partial charge on any atom is -0.459 e. The Morgan fingerprint density at radius 3 is 2.23 bits per heavy atom. The van der Waals surface area contributed by atoms with Gasteiger partial charge in [-0.3, -0.25) is 9.59 Å². The van der Waals surface area contributed by atoms with E-state index >= 15 is 0 Å². The molecule has 1 atom stereocenters. The molecule has 0 aromatic carbocycles. The zero-order valence-corrected chi connectivity index (χ0v) is 17.3. The van der Waals surface area contributed by atoms with Gasteiger partial charge >= 0.3 is 5.97 Å². The monoisotopic (exact) mass is 368 g/mol. The fourth-order valence-corrected chi connectivity index (χ4v) is 3.51. The standard InChI is InChI=1S/C21H40N2O3/c1-4-5-6-7-8-9-10-11-12-15-21(25)26-19(17-22(2)3)18-23-16-13-14-20(23)24/h19H,4-18H2,1-3H3. The Kier molecular flexibility index (Phi) is 12.4. The van der Waals surface area contributed by atoms with Gasteiger partial charge in [0.05, 0.1) is 6.54 Å². The Morgan fingerprint density at radius 1 is 1.08 bits per heavy atom. The number of likely N-dealkylation sites (N-methyl/N-ethyl adjacent to an activating group) is 1. The van der Waals surface area contributed by atoms with Crippen LogP contribution in [0.4, 0.5) is 0 Å². The number of unbranched alkanes of at least 4 members (excludes halogenated alkanes) is 8. The van der Waals surface area contributed by atoms with E-state index in [4.69, 9.17) is 4.74 Å². The highest BCUT2D eigenvalue weighted by atomic mass is 16.5. The van der Waals surface area contributed by atoms with E-state index in [0.717, 1.165) is 25.8 Å². The lowest BCUT2D eigenvalue weighted by Gasteiger charge is -2.26. The summed E-state index contributed by atoms with van der Waals surface area (Å²) in [6, 6.07) is 0. The third-order valence-corrected chi connectivity index (χ3v) is 4.95. The summed E-state index contributed by atoms with van der Waals surface area (Å²) in [5.74, 6) is 0.0650. The maximum Gasteiger partial charge on any atom is 0.306 e. The zero-order chi connectivity index (χ0) is 19.2. The summed E-state index contributed by atoms with van der Waals surface area (Å²) in [6.07, 6.45) is 13.0. The van der Waals surface area contributed by atoms with E-state index in [2.05, 4.69) is 6.92 Å². The van der Waals surface area contributed by atoms with Crippen molar-refractivity contribution in [2.24, 2.45) is 0 Å². The summed E-state index contributed by atoms with van der Waals surface area (Å²) in [4.78, 5) is 27.8. The van der Waals surface area contributed by atoms with Crippen LogP contribution in [0, 0.1) is 0 Å². The van der Waals surface area contributed by atoms with Crippen molar-refractivity contribution < 1.29 is 14.3 Å². The lowest BCUT2D eigenvalue weighted by Crippen LogP contribution is -2.41. The number of esters is 1. The highest BCUT2D eigenvalue weighted by Crippen LogP contribution is 2.13. The number of likely N-dealkylation sites (tertiary alicyclic amines) is 1. The molecule has 5 nitrogen and oxygen atoms in total. The van der Waals surface area contributed by atoms with Crippen LogP contribution < -0.4 is 0 Å². The van der Waals surface area contributed by atoms with Crippen molar-refractivity contribution in [2.45, 2.75) is 90.1 Å². The second kappa shape index (κ2) is 14.0. The third kappa shape index (κ3) is 10.8. The summed E-state index contributed by atoms with van der Waals surface area (Å²) in [6.45, 7) is 4.22. The molecule has 1 amide bonds. The van der Waals surface area contributed by atoms with Crippen molar-refractivity contribution in [3.05, 3.63) is 0 Å². The van der Waals surface area contributed by atoms with Gasteiger partial charge in [-0.2, -0.15) is 0 Å². The Balaban J connectivity index is 2.15. The molecule has 1 rings (SSSR count). The molecule has 26 heavy (non-hydrogen) atoms. The number of rotatable bonds is 15. The Morgan fingerprint density at radius 2 is 1.69 bits per heavy atom. The van der Waals surface area contributed by atoms with Crippen LogP contribution in [0.15, 0.2) is 0 Å². The molecular formula is C21H40N2O3. The molecule has 0 spiro atoms. The first kappa shape index (κ1) is 22.9. The molecule has 1 aliphatic rings. The van der Waals surface area contributed by atoms with Crippen LogP contribution in [0.2, 0.25) is 0 Å². The van der Waals surface area contributed by atoms with Crippen molar-refractivity contribution in [3.8, 4) is 0 Å². The van der Waals surface area contributed by atoms with Crippen molar-refractivity contribution in [3.63, 3.8) is 0 Å². The van der Waals surface area contributed by atoms with Crippen LogP contribution in [0.5, 0.6) is 0 Å². The summed E-state index contributed by atoms with van der Waals surface area (Å²) >= 11 is 0. The number of carbonyl (C=O) groups is 2. The molecule has 0 radical (unpaired) electrons. The van der Waals surface area contributed by atoms with Gasteiger partial charge in [-0.15, -0.1) is 0 Å². The van der Waals surface area contributed by atoms with Crippen molar-refractivity contribution in [1.82, 2.24) is 9.80 Å². The Bertz CT molecular complexity index is 399. The summed E-state index contributed by atoms with van der Waals surface area (Å²) in [5.41, 5.74) is 0. The van der Waals surface area contributed by atoms with Crippen LogP contribution in [-0.2, 0) is 14.3 Å². The highest BCUT2D eigenvalue weighted by molar-refractivity contribution is 5.78. The highest BCUT2D eigenvalue weighted by Gasteiger charge is 2.25. The number of ether oxygens (including phenoxy) is 1. The first-order valence-electron chi connectivity index (χ1n) is 10.6. The predicted octanol–water partition coefficient (Wildman–Crippen LogP) is 4.00. The molecule has 0 bridgehead atoms. The lowest BCUT2D eigenvalue weighted by atomic mass is 10.1. The minimum absolute atomic E-state index is 0.119. The van der Waals surface area contributed by atoms with Gasteiger partial charge < -0.3 is 14.5 Å². The van der Waals surface area contributed by atoms with Crippen molar-refractivity contribution >= 4 is 11.9 Å². The van der Waals surface area contributed by atoms with Crippen LogP contribution in [0.1, 0.15) is 84.0 Å². The van der Waals surface area contributed by atoms with Gasteiger partial charge in [0.15, 0.2) is 0 Å². The molecule has 152 valence electrons. The first-order valence-corrected chi connectivity index (χ1v) is 10.6. The molecule has 1 aliphatic heterocycles. The van der Waals surface area contributed by atoms with E-state index in [-0.39, 0.29) is 18.0 Å². The molecule has 1 saturated heterocycles. The molecule has 0 saturated carbocycles. The van der Waals surface area contributed by atoms with Gasteiger partial charge in [0.1, 0.15) is 6.10 Å². The maximum absolute atomic E-state index is 12.2. The average molecular weight is 369 g/mol. The van der Waals surface area contributed by atoms with E-state index in [1.54, 1.807) is 0 Å². The first-order chi connectivity index (χ1) is 12.5. The Hall–Kier alpha value is -1.10. The van der Waals surface area contributed by atoms with Crippen molar-refractivity contribution in [1.29, 1.82) is 0 Å². The van der Waals surface area contributed by atoms with Gasteiger partial charge in [-0.05, 0) is 26.9 Å². The van der Waals surface area contributed by atoms with Crippen LogP contribution in [0.3, 0.4) is 0 Å². The molecule has 0 N–H and O–H groups in total. The second-order valence-electron chi connectivity index (χ2n) is 7.90. The SMILES string of the molecule is CCCCCCCCCCCC(=O)OC(CN(C)C)CN1CCCC1=O. The molecule has 1 unspecified atom stereocenters. The number of amides is 1. The summed E-state index contributed by atoms with van der Waals surface area (Å²) < 4.78 is 5.67. The summed E-state index contributed by atoms with van der Waals surface area (Å²) in [5, 5.41) is 0. The normalized spacial score (nSPS) is 15.7. The number of hydrogen-bond acceptors (Lipinski definition) is 4. The molecule has 0 aliphatic carbocycles. The topological polar surface area (TPSA) is 49.9 Å². The van der Waals surface area contributed by atoms with E-state index in [0.29, 0.717) is 25.9 Å². The number of hydrogen-bond donors (Lipinski definition) is 0. The molecular weight excluding hydrogens is 328 g/mol.